The summed E-state index contributed by atoms with van der Waals surface area (Å²) in [5.41, 5.74) is -0.706. The fraction of sp³-hybridized carbons (Fsp3) is 0.538. The molecule has 0 aromatic heterocycles. The van der Waals surface area contributed by atoms with E-state index in [2.05, 4.69) is 5.32 Å². The molecular weight excluding hydrogens is 246 g/mol. The minimum Gasteiger partial charge on any atom is -0.317 e. The van der Waals surface area contributed by atoms with Crippen molar-refractivity contribution in [3.05, 3.63) is 35.4 Å². The number of piperidine rings is 1. The molecule has 5 heteroatoms. The summed E-state index contributed by atoms with van der Waals surface area (Å²) in [6.45, 7) is 1.43. The molecule has 0 bridgehead atoms. The Morgan fingerprint density at radius 1 is 1.17 bits per heavy atom. The quantitative estimate of drug-likeness (QED) is 0.822. The third-order valence-electron chi connectivity index (χ3n) is 3.33. The van der Waals surface area contributed by atoms with Gasteiger partial charge in [0.05, 0.1) is 5.56 Å². The number of hydrogen-bond acceptors (Lipinski definition) is 1. The molecule has 0 radical (unpaired) electrons. The first-order valence-electron chi connectivity index (χ1n) is 6.03. The number of alkyl halides is 2. The van der Waals surface area contributed by atoms with Gasteiger partial charge in [0, 0.05) is 12.5 Å². The average Bonchev–Trinajstić information content (AvgIpc) is 2.29. The van der Waals surface area contributed by atoms with E-state index in [-0.39, 0.29) is 12.3 Å². The lowest BCUT2D eigenvalue weighted by atomic mass is 9.89. The fourth-order valence-electron chi connectivity index (χ4n) is 2.34. The van der Waals surface area contributed by atoms with Crippen LogP contribution in [0.1, 0.15) is 24.8 Å². The van der Waals surface area contributed by atoms with Crippen LogP contribution in [0.2, 0.25) is 0 Å². The van der Waals surface area contributed by atoms with Gasteiger partial charge in [0.1, 0.15) is 11.6 Å². The van der Waals surface area contributed by atoms with Crippen LogP contribution in [0.4, 0.5) is 17.6 Å². The monoisotopic (exact) mass is 261 g/mol. The van der Waals surface area contributed by atoms with Crippen LogP contribution in [-0.4, -0.2) is 13.1 Å². The maximum Gasteiger partial charge on any atom is 0.276 e. The zero-order valence-corrected chi connectivity index (χ0v) is 9.86. The molecule has 0 amide bonds. The van der Waals surface area contributed by atoms with Crippen molar-refractivity contribution in [2.24, 2.45) is 5.92 Å². The van der Waals surface area contributed by atoms with Gasteiger partial charge in [-0.3, -0.25) is 0 Å². The topological polar surface area (TPSA) is 12.0 Å². The van der Waals surface area contributed by atoms with E-state index in [0.29, 0.717) is 32.0 Å². The van der Waals surface area contributed by atoms with E-state index < -0.39 is 23.1 Å². The lowest BCUT2D eigenvalue weighted by molar-refractivity contribution is -0.0357. The second-order valence-corrected chi connectivity index (χ2v) is 4.73. The summed E-state index contributed by atoms with van der Waals surface area (Å²) in [5.74, 6) is -5.37. The highest BCUT2D eigenvalue weighted by molar-refractivity contribution is 5.23. The molecule has 100 valence electrons. The first-order chi connectivity index (χ1) is 8.49. The van der Waals surface area contributed by atoms with Gasteiger partial charge in [-0.25, -0.2) is 17.6 Å². The van der Waals surface area contributed by atoms with Gasteiger partial charge in [0.15, 0.2) is 0 Å². The summed E-state index contributed by atoms with van der Waals surface area (Å²) < 4.78 is 54.0. The molecule has 1 saturated heterocycles. The van der Waals surface area contributed by atoms with E-state index in [0.717, 1.165) is 12.1 Å². The number of rotatable bonds is 3. The smallest absolute Gasteiger partial charge is 0.276 e. The summed E-state index contributed by atoms with van der Waals surface area (Å²) >= 11 is 0. The number of hydrogen-bond donors (Lipinski definition) is 1. The van der Waals surface area contributed by atoms with Crippen molar-refractivity contribution in [3.63, 3.8) is 0 Å². The standard InChI is InChI=1S/C13H15F4N/c14-10-1-2-11(12(15)7-10)13(16,17)8-9-3-5-18-6-4-9/h1-2,7,9,18H,3-6,8H2. The van der Waals surface area contributed by atoms with E-state index in [9.17, 15) is 17.6 Å². The van der Waals surface area contributed by atoms with Gasteiger partial charge in [-0.1, -0.05) is 0 Å². The highest BCUT2D eigenvalue weighted by atomic mass is 19.3. The minimum atomic E-state index is -3.24. The first kappa shape index (κ1) is 13.3. The van der Waals surface area contributed by atoms with Crippen molar-refractivity contribution in [2.75, 3.05) is 13.1 Å². The zero-order chi connectivity index (χ0) is 13.2. The first-order valence-corrected chi connectivity index (χ1v) is 6.03. The molecule has 0 atom stereocenters. The molecule has 1 nitrogen and oxygen atoms in total. The number of benzene rings is 1. The number of halogens is 4. The molecule has 1 aromatic rings. The summed E-state index contributed by atoms with van der Waals surface area (Å²) in [6, 6.07) is 2.21. The van der Waals surface area contributed by atoms with Crippen molar-refractivity contribution in [2.45, 2.75) is 25.2 Å². The summed E-state index contributed by atoms with van der Waals surface area (Å²) in [5, 5.41) is 3.09. The predicted molar refractivity (Wildman–Crippen MR) is 60.5 cm³/mol. The maximum atomic E-state index is 14.0. The van der Waals surface area contributed by atoms with Crippen molar-refractivity contribution in [1.82, 2.24) is 5.32 Å². The van der Waals surface area contributed by atoms with Gasteiger partial charge in [-0.05, 0) is 44.0 Å². The number of nitrogens with one attached hydrogen (secondary N) is 1. The van der Waals surface area contributed by atoms with Crippen LogP contribution in [0.15, 0.2) is 18.2 Å². The Labute approximate surface area is 103 Å². The van der Waals surface area contributed by atoms with Crippen molar-refractivity contribution in [3.8, 4) is 0 Å². The van der Waals surface area contributed by atoms with Crippen LogP contribution >= 0.6 is 0 Å². The second kappa shape index (κ2) is 5.26. The van der Waals surface area contributed by atoms with E-state index >= 15 is 0 Å². The SMILES string of the molecule is Fc1ccc(C(F)(F)CC2CCNCC2)c(F)c1. The molecular formula is C13H15F4N. The van der Waals surface area contributed by atoms with E-state index in [1.807, 2.05) is 0 Å². The van der Waals surface area contributed by atoms with Crippen LogP contribution in [0.3, 0.4) is 0 Å². The van der Waals surface area contributed by atoms with Gasteiger partial charge in [0.25, 0.3) is 5.92 Å². The van der Waals surface area contributed by atoms with Crippen LogP contribution in [-0.2, 0) is 5.92 Å². The molecule has 1 aliphatic rings. The molecule has 1 aliphatic heterocycles. The lowest BCUT2D eigenvalue weighted by Crippen LogP contribution is -2.31. The van der Waals surface area contributed by atoms with Crippen molar-refractivity contribution >= 4 is 0 Å². The largest absolute Gasteiger partial charge is 0.317 e. The Hall–Kier alpha value is -1.10. The molecule has 1 aromatic carbocycles. The van der Waals surface area contributed by atoms with Gasteiger partial charge < -0.3 is 5.32 Å². The lowest BCUT2D eigenvalue weighted by Gasteiger charge is -2.27. The zero-order valence-electron chi connectivity index (χ0n) is 9.86. The molecule has 0 spiro atoms. The predicted octanol–water partition coefficient (Wildman–Crippen LogP) is 3.45. The van der Waals surface area contributed by atoms with Gasteiger partial charge in [-0.2, -0.15) is 0 Å². The fourth-order valence-corrected chi connectivity index (χ4v) is 2.34. The van der Waals surface area contributed by atoms with Gasteiger partial charge in [0.2, 0.25) is 0 Å². The highest BCUT2D eigenvalue weighted by Gasteiger charge is 2.37. The Bertz CT molecular complexity index is 413. The Morgan fingerprint density at radius 2 is 1.83 bits per heavy atom. The Kier molecular flexibility index (Phi) is 3.90. The Morgan fingerprint density at radius 3 is 2.44 bits per heavy atom. The highest BCUT2D eigenvalue weighted by Crippen LogP contribution is 2.38. The molecule has 1 heterocycles. The normalized spacial score (nSPS) is 18.0. The molecule has 1 fully saturated rings. The molecule has 18 heavy (non-hydrogen) atoms. The van der Waals surface area contributed by atoms with Gasteiger partial charge in [-0.15, -0.1) is 0 Å². The van der Waals surface area contributed by atoms with Crippen LogP contribution in [0, 0.1) is 17.6 Å². The van der Waals surface area contributed by atoms with Crippen LogP contribution in [0.5, 0.6) is 0 Å². The van der Waals surface area contributed by atoms with Crippen molar-refractivity contribution in [1.29, 1.82) is 0 Å². The second-order valence-electron chi connectivity index (χ2n) is 4.73. The molecule has 0 unspecified atom stereocenters. The third kappa shape index (κ3) is 3.02. The third-order valence-corrected chi connectivity index (χ3v) is 3.33. The average molecular weight is 261 g/mol. The molecule has 2 rings (SSSR count). The van der Waals surface area contributed by atoms with Crippen molar-refractivity contribution < 1.29 is 17.6 Å². The van der Waals surface area contributed by atoms with Crippen LogP contribution in [0.25, 0.3) is 0 Å². The van der Waals surface area contributed by atoms with Crippen LogP contribution < -0.4 is 5.32 Å². The van der Waals surface area contributed by atoms with Gasteiger partial charge >= 0.3 is 0 Å². The van der Waals surface area contributed by atoms with E-state index in [1.54, 1.807) is 0 Å². The molecule has 1 N–H and O–H groups in total. The summed E-state index contributed by atoms with van der Waals surface area (Å²) in [6.07, 6.45) is 0.952. The maximum absolute atomic E-state index is 14.0. The summed E-state index contributed by atoms with van der Waals surface area (Å²) in [4.78, 5) is 0. The molecule has 0 saturated carbocycles. The minimum absolute atomic E-state index is 0.120. The Balaban J connectivity index is 2.13. The van der Waals surface area contributed by atoms with E-state index in [1.165, 1.54) is 0 Å². The summed E-state index contributed by atoms with van der Waals surface area (Å²) in [7, 11) is 0. The molecule has 0 aliphatic carbocycles. The van der Waals surface area contributed by atoms with E-state index in [4.69, 9.17) is 0 Å².